The number of hydrogen-bond donors (Lipinski definition) is 0. The summed E-state index contributed by atoms with van der Waals surface area (Å²) in [6.45, 7) is 4.99. The van der Waals surface area contributed by atoms with Gasteiger partial charge in [0.15, 0.2) is 0 Å². The Hall–Kier alpha value is -3.03. The fourth-order valence-electron chi connectivity index (χ4n) is 2.51. The third kappa shape index (κ3) is 3.57. The molecule has 3 aromatic heterocycles. The van der Waals surface area contributed by atoms with E-state index in [-0.39, 0.29) is 12.5 Å². The van der Waals surface area contributed by atoms with Crippen LogP contribution in [0.5, 0.6) is 0 Å². The average Bonchev–Trinajstić information content (AvgIpc) is 3.23. The molecular formula is C17H20N6O2. The lowest BCUT2D eigenvalue weighted by molar-refractivity contribution is 0.0768. The van der Waals surface area contributed by atoms with Gasteiger partial charge in [0.2, 0.25) is 11.7 Å². The van der Waals surface area contributed by atoms with Gasteiger partial charge in [-0.25, -0.2) is 0 Å². The van der Waals surface area contributed by atoms with Crippen LogP contribution in [0.3, 0.4) is 0 Å². The predicted octanol–water partition coefficient (Wildman–Crippen LogP) is 2.32. The lowest BCUT2D eigenvalue weighted by Gasteiger charge is -2.14. The quantitative estimate of drug-likeness (QED) is 0.684. The zero-order chi connectivity index (χ0) is 17.8. The minimum absolute atomic E-state index is 0.124. The fraction of sp³-hybridized carbons (Fsp3) is 0.353. The Balaban J connectivity index is 1.71. The minimum Gasteiger partial charge on any atom is -0.337 e. The molecule has 0 spiro atoms. The Morgan fingerprint density at radius 3 is 2.92 bits per heavy atom. The Kier molecular flexibility index (Phi) is 4.87. The summed E-state index contributed by atoms with van der Waals surface area (Å²) in [7, 11) is 1.70. The summed E-state index contributed by atoms with van der Waals surface area (Å²) in [4.78, 5) is 22.5. The van der Waals surface area contributed by atoms with Gasteiger partial charge in [0, 0.05) is 37.2 Å². The van der Waals surface area contributed by atoms with Crippen molar-refractivity contribution in [2.75, 3.05) is 7.05 Å². The normalized spacial score (nSPS) is 10.8. The second kappa shape index (κ2) is 7.25. The van der Waals surface area contributed by atoms with Gasteiger partial charge in [-0.3, -0.25) is 14.5 Å². The van der Waals surface area contributed by atoms with Gasteiger partial charge >= 0.3 is 0 Å². The number of aryl methyl sites for hydroxylation is 1. The summed E-state index contributed by atoms with van der Waals surface area (Å²) in [6, 6.07) is 3.65. The molecule has 3 heterocycles. The van der Waals surface area contributed by atoms with Crippen molar-refractivity contribution in [1.82, 2.24) is 29.8 Å². The van der Waals surface area contributed by atoms with Gasteiger partial charge in [0.25, 0.3) is 5.91 Å². The summed E-state index contributed by atoms with van der Waals surface area (Å²) in [5, 5.41) is 8.21. The SMILES string of the molecule is CCCn1ncc(C(=O)N(C)Cc2nc(-c3cccnc3)no2)c1C. The van der Waals surface area contributed by atoms with E-state index in [4.69, 9.17) is 4.52 Å². The van der Waals surface area contributed by atoms with Crippen molar-refractivity contribution >= 4 is 5.91 Å². The molecule has 0 aromatic carbocycles. The molecule has 1 amide bonds. The standard InChI is InChI=1S/C17H20N6O2/c1-4-8-23-12(2)14(10-19-23)17(24)22(3)11-15-20-16(21-25-15)13-6-5-7-18-9-13/h5-7,9-10H,4,8,11H2,1-3H3. The molecule has 0 radical (unpaired) electrons. The first-order valence-corrected chi connectivity index (χ1v) is 8.11. The molecule has 0 saturated carbocycles. The van der Waals surface area contributed by atoms with E-state index in [1.54, 1.807) is 36.6 Å². The van der Waals surface area contributed by atoms with E-state index in [1.165, 1.54) is 0 Å². The maximum atomic E-state index is 12.6. The smallest absolute Gasteiger partial charge is 0.257 e. The van der Waals surface area contributed by atoms with Crippen LogP contribution in [0.25, 0.3) is 11.4 Å². The molecule has 0 aliphatic heterocycles. The molecule has 0 bridgehead atoms. The largest absolute Gasteiger partial charge is 0.337 e. The average molecular weight is 340 g/mol. The van der Waals surface area contributed by atoms with Gasteiger partial charge < -0.3 is 9.42 Å². The number of carbonyl (C=O) groups is 1. The van der Waals surface area contributed by atoms with Crippen LogP contribution in [0.1, 0.15) is 35.3 Å². The Bertz CT molecular complexity index is 855. The number of carbonyl (C=O) groups excluding carboxylic acids is 1. The van der Waals surface area contributed by atoms with Gasteiger partial charge in [-0.05, 0) is 25.5 Å². The van der Waals surface area contributed by atoms with Crippen LogP contribution < -0.4 is 0 Å². The second-order valence-electron chi connectivity index (χ2n) is 5.78. The Morgan fingerprint density at radius 1 is 1.36 bits per heavy atom. The fourth-order valence-corrected chi connectivity index (χ4v) is 2.51. The van der Waals surface area contributed by atoms with Crippen LogP contribution in [0, 0.1) is 6.92 Å². The molecule has 8 heteroatoms. The van der Waals surface area contributed by atoms with Crippen molar-refractivity contribution in [1.29, 1.82) is 0 Å². The third-order valence-corrected chi connectivity index (χ3v) is 3.88. The van der Waals surface area contributed by atoms with Crippen molar-refractivity contribution in [3.63, 3.8) is 0 Å². The summed E-state index contributed by atoms with van der Waals surface area (Å²) >= 11 is 0. The number of aromatic nitrogens is 5. The summed E-state index contributed by atoms with van der Waals surface area (Å²) in [6.07, 6.45) is 5.91. The van der Waals surface area contributed by atoms with E-state index in [0.717, 1.165) is 24.2 Å². The van der Waals surface area contributed by atoms with Crippen LogP contribution >= 0.6 is 0 Å². The highest BCUT2D eigenvalue weighted by molar-refractivity contribution is 5.94. The first kappa shape index (κ1) is 16.8. The van der Waals surface area contributed by atoms with Gasteiger partial charge in [-0.15, -0.1) is 0 Å². The van der Waals surface area contributed by atoms with E-state index >= 15 is 0 Å². The van der Waals surface area contributed by atoms with Crippen molar-refractivity contribution < 1.29 is 9.32 Å². The topological polar surface area (TPSA) is 89.9 Å². The number of nitrogens with zero attached hydrogens (tertiary/aromatic N) is 6. The van der Waals surface area contributed by atoms with Gasteiger partial charge in [-0.2, -0.15) is 10.1 Å². The van der Waals surface area contributed by atoms with Crippen LogP contribution in [0.4, 0.5) is 0 Å². The Morgan fingerprint density at radius 2 is 2.20 bits per heavy atom. The molecule has 0 fully saturated rings. The van der Waals surface area contributed by atoms with Crippen molar-refractivity contribution in [2.24, 2.45) is 0 Å². The van der Waals surface area contributed by atoms with E-state index in [2.05, 4.69) is 27.1 Å². The molecule has 3 aromatic rings. The van der Waals surface area contributed by atoms with Crippen molar-refractivity contribution in [3.8, 4) is 11.4 Å². The molecule has 25 heavy (non-hydrogen) atoms. The highest BCUT2D eigenvalue weighted by atomic mass is 16.5. The van der Waals surface area contributed by atoms with Gasteiger partial charge in [0.05, 0.1) is 11.8 Å². The number of rotatable bonds is 6. The maximum absolute atomic E-state index is 12.6. The molecule has 0 aliphatic rings. The molecule has 0 unspecified atom stereocenters. The monoisotopic (exact) mass is 340 g/mol. The van der Waals surface area contributed by atoms with Gasteiger partial charge in [0.1, 0.15) is 6.54 Å². The predicted molar refractivity (Wildman–Crippen MR) is 90.6 cm³/mol. The molecular weight excluding hydrogens is 320 g/mol. The van der Waals surface area contributed by atoms with E-state index < -0.39 is 0 Å². The maximum Gasteiger partial charge on any atom is 0.257 e. The number of pyridine rings is 1. The zero-order valence-corrected chi connectivity index (χ0v) is 14.5. The molecule has 3 rings (SSSR count). The molecule has 8 nitrogen and oxygen atoms in total. The molecule has 0 saturated heterocycles. The number of hydrogen-bond acceptors (Lipinski definition) is 6. The van der Waals surface area contributed by atoms with Gasteiger partial charge in [-0.1, -0.05) is 12.1 Å². The highest BCUT2D eigenvalue weighted by Gasteiger charge is 2.20. The first-order chi connectivity index (χ1) is 12.1. The summed E-state index contributed by atoms with van der Waals surface area (Å²) in [5.41, 5.74) is 2.21. The van der Waals surface area contributed by atoms with Crippen LogP contribution in [-0.2, 0) is 13.1 Å². The van der Waals surface area contributed by atoms with E-state index in [0.29, 0.717) is 17.3 Å². The van der Waals surface area contributed by atoms with Crippen molar-refractivity contribution in [3.05, 3.63) is 47.9 Å². The summed E-state index contributed by atoms with van der Waals surface area (Å²) < 4.78 is 7.09. The minimum atomic E-state index is -0.124. The highest BCUT2D eigenvalue weighted by Crippen LogP contribution is 2.16. The van der Waals surface area contributed by atoms with Crippen LogP contribution in [0.2, 0.25) is 0 Å². The molecule has 0 N–H and O–H groups in total. The van der Waals surface area contributed by atoms with E-state index in [1.807, 2.05) is 17.7 Å². The first-order valence-electron chi connectivity index (χ1n) is 8.11. The second-order valence-corrected chi connectivity index (χ2v) is 5.78. The molecule has 0 atom stereocenters. The lowest BCUT2D eigenvalue weighted by atomic mass is 10.2. The Labute approximate surface area is 145 Å². The number of amides is 1. The summed E-state index contributed by atoms with van der Waals surface area (Å²) in [5.74, 6) is 0.699. The van der Waals surface area contributed by atoms with Crippen LogP contribution in [-0.4, -0.2) is 42.8 Å². The van der Waals surface area contributed by atoms with Crippen molar-refractivity contribution in [2.45, 2.75) is 33.4 Å². The molecule has 130 valence electrons. The zero-order valence-electron chi connectivity index (χ0n) is 14.5. The van der Waals surface area contributed by atoms with E-state index in [9.17, 15) is 4.79 Å². The molecule has 0 aliphatic carbocycles. The van der Waals surface area contributed by atoms with Crippen LogP contribution in [0.15, 0.2) is 35.2 Å². The third-order valence-electron chi connectivity index (χ3n) is 3.88. The lowest BCUT2D eigenvalue weighted by Crippen LogP contribution is -2.26.